The van der Waals surface area contributed by atoms with E-state index in [0.717, 1.165) is 194 Å². The Morgan fingerprint density at radius 2 is 0.699 bits per heavy atom. The number of anilines is 7. The van der Waals surface area contributed by atoms with Crippen molar-refractivity contribution in [1.29, 1.82) is 0 Å². The van der Waals surface area contributed by atoms with Crippen molar-refractivity contribution in [1.82, 2.24) is 42.1 Å². The van der Waals surface area contributed by atoms with Crippen LogP contribution in [-0.2, 0) is 56.4 Å². The Labute approximate surface area is 836 Å². The maximum Gasteiger partial charge on any atom is 0.416 e. The van der Waals surface area contributed by atoms with Crippen molar-refractivity contribution in [2.24, 2.45) is 0 Å². The molecule has 17 rings (SSSR count). The van der Waals surface area contributed by atoms with Crippen LogP contribution in [0.15, 0.2) is 304 Å². The minimum Gasteiger partial charge on any atom is -0.497 e. The predicted octanol–water partition coefficient (Wildman–Crippen LogP) is 20.1. The normalized spacial score (nSPS) is 19.4. The first-order valence-corrected chi connectivity index (χ1v) is 48.1. The second-order valence-corrected chi connectivity index (χ2v) is 36.5. The molecule has 8 aliphatic rings. The lowest BCUT2D eigenvalue weighted by Gasteiger charge is -2.28. The van der Waals surface area contributed by atoms with E-state index in [1.165, 1.54) is 29.9 Å². The number of alkyl halides is 3. The summed E-state index contributed by atoms with van der Waals surface area (Å²) in [5, 5.41) is 42.6. The highest BCUT2D eigenvalue weighted by atomic mass is 19.4. The molecule has 7 atom stereocenters. The Bertz CT molecular complexity index is 5890. The summed E-state index contributed by atoms with van der Waals surface area (Å²) in [6.45, 7) is 43.1. The van der Waals surface area contributed by atoms with E-state index in [-0.39, 0.29) is 100 Å². The van der Waals surface area contributed by atoms with Crippen LogP contribution in [0.25, 0.3) is 0 Å². The molecule has 14 N–H and O–H groups in total. The van der Waals surface area contributed by atoms with Gasteiger partial charge in [-0.3, -0.25) is 38.5 Å². The van der Waals surface area contributed by atoms with E-state index in [2.05, 4.69) is 209 Å². The highest BCUT2D eigenvalue weighted by molar-refractivity contribution is 5.83. The second kappa shape index (κ2) is 53.4. The van der Waals surface area contributed by atoms with Gasteiger partial charge >= 0.3 is 6.18 Å². The highest BCUT2D eigenvalue weighted by Gasteiger charge is 2.34. The third-order valence-electron chi connectivity index (χ3n) is 24.0. The van der Waals surface area contributed by atoms with Gasteiger partial charge in [0.05, 0.1) is 87.6 Å². The first kappa shape index (κ1) is 108. The van der Waals surface area contributed by atoms with Crippen LogP contribution in [0, 0.1) is 6.92 Å². The van der Waals surface area contributed by atoms with Gasteiger partial charge in [0.15, 0.2) is 0 Å². The van der Waals surface area contributed by atoms with Crippen LogP contribution >= 0.6 is 0 Å². The second-order valence-electron chi connectivity index (χ2n) is 36.5. The third-order valence-corrected chi connectivity index (χ3v) is 24.0. The fraction of sp³-hybridized carbons (Fsp3) is 0.330. The number of nitrogens with zero attached hydrogens (tertiary/aromatic N) is 1. The molecule has 8 saturated heterocycles. The summed E-state index contributed by atoms with van der Waals surface area (Å²) in [4.78, 5) is 81.2. The van der Waals surface area contributed by atoms with E-state index in [4.69, 9.17) is 28.4 Å². The minimum atomic E-state index is -4.46. The zero-order chi connectivity index (χ0) is 103. The summed E-state index contributed by atoms with van der Waals surface area (Å²) in [5.74, 6) is 5.06. The number of aryl methyl sites for hydroxylation is 1. The number of halogens is 3. The van der Waals surface area contributed by atoms with Crippen LogP contribution in [0.1, 0.15) is 146 Å². The number of nitrogens with one attached hydrogen (secondary N) is 14. The Morgan fingerprint density at radius 3 is 1.08 bits per heavy atom. The van der Waals surface area contributed by atoms with Crippen LogP contribution < -0.4 is 98.1 Å². The van der Waals surface area contributed by atoms with Crippen molar-refractivity contribution in [3.05, 3.63) is 327 Å². The third kappa shape index (κ3) is 35.8. The summed E-state index contributed by atoms with van der Waals surface area (Å²) in [6.07, 6.45) is 5.10. The minimum absolute atomic E-state index is 0.0317. The van der Waals surface area contributed by atoms with Gasteiger partial charge in [-0.15, -0.1) is 0 Å². The number of hydrogen-bond acceptors (Lipinski definition) is 21. The molecule has 0 bridgehead atoms. The standard InChI is InChI=1S/2C18H18N2O2.C17H23N3O2.C17H24N2O2.C15H20N2O2.C14H15F3N2O2.C13H16N2O/c1-13-17(10-11-18(21)19-13)20-14-6-5-9-16(12-14)22-15-7-3-2-4-8-15;1-13-17(11-12-18(21)19-13)20-14-7-9-16(10-8-14)22-15-5-3-2-4-6-15;1-13-16(6-7-17(21)18-13)19-15-4-2-14(3-5-15)12-20-8-10-22-11-9-20;1-11-13(7-9-16(20)18-11)19-14-10-12(17(2,3)4)6-8-15(14)21-5;1-3-9-19-13-6-4-5-12(10-13)17-14-7-8-15(18)16-11(14)2;1-8-12(3-4-13(20)18-8)19-10-5-9(14(15,16)17)6-11(7-10)21-2;1-9-3-5-11(6-4-9)15-12-7-8-13(16)14-10(12)2/h2-9,12,17,20H,1,10-11H2,(H,19,21);2-10,17,20H,1,11-12H2,(H,19,21);2-5,16,19H,1,6-12H2,(H,18,21);6,8,10,13,19H,1,7,9H2,2-5H3,(H,18,20);4-6,10,14,17H,2-3,7-9H2,1H3,(H,16,18);5-7,12,19H,1,3-4H2,2H3,(H,18,20);3-6,12,15H,2,7-8H2,1H3,(H,14,16). The molecular formula is C112H134F3N15O13. The molecule has 8 heterocycles. The molecule has 8 aliphatic heterocycles. The molecule has 0 spiro atoms. The fourth-order valence-electron chi connectivity index (χ4n) is 16.0. The van der Waals surface area contributed by atoms with Gasteiger partial charge in [-0.05, 0) is 196 Å². The van der Waals surface area contributed by atoms with E-state index in [0.29, 0.717) is 62.8 Å². The molecular weight excluding hydrogens is 1820 g/mol. The number of carbonyl (C=O) groups is 7. The van der Waals surface area contributed by atoms with Crippen LogP contribution in [-0.4, -0.2) is 136 Å². The number of benzene rings is 9. The molecule has 0 aliphatic carbocycles. The summed E-state index contributed by atoms with van der Waals surface area (Å²) in [6, 6.07) is 69.2. The van der Waals surface area contributed by atoms with E-state index < -0.39 is 11.7 Å². The summed E-state index contributed by atoms with van der Waals surface area (Å²) >= 11 is 0. The Morgan fingerprint density at radius 1 is 0.357 bits per heavy atom. The maximum absolute atomic E-state index is 12.8. The van der Waals surface area contributed by atoms with Gasteiger partial charge in [0, 0.05) is 157 Å². The summed E-state index contributed by atoms with van der Waals surface area (Å²) in [5.41, 5.74) is 14.1. The first-order valence-electron chi connectivity index (χ1n) is 48.1. The monoisotopic (exact) mass is 1950 g/mol. The van der Waals surface area contributed by atoms with E-state index in [9.17, 15) is 46.7 Å². The lowest BCUT2D eigenvalue weighted by Crippen LogP contribution is -2.39. The average Bonchev–Trinajstić information content (AvgIpc) is 0.816. The van der Waals surface area contributed by atoms with Crippen LogP contribution in [0.2, 0.25) is 0 Å². The smallest absolute Gasteiger partial charge is 0.416 e. The summed E-state index contributed by atoms with van der Waals surface area (Å²) < 4.78 is 71.4. The summed E-state index contributed by atoms with van der Waals surface area (Å²) in [7, 11) is 2.97. The molecule has 756 valence electrons. The predicted molar refractivity (Wildman–Crippen MR) is 559 cm³/mol. The quantitative estimate of drug-likeness (QED) is 0.0253. The number of morpholine rings is 1. The lowest BCUT2D eigenvalue weighted by molar-refractivity contribution is -0.137. The van der Waals surface area contributed by atoms with Gasteiger partial charge in [0.1, 0.15) is 40.2 Å². The number of para-hydroxylation sites is 2. The fourth-order valence-corrected chi connectivity index (χ4v) is 16.0. The number of methoxy groups -OCH3 is 2. The number of piperidine rings is 7. The maximum atomic E-state index is 12.8. The van der Waals surface area contributed by atoms with E-state index in [1.807, 2.05) is 152 Å². The molecule has 28 nitrogen and oxygen atoms in total. The van der Waals surface area contributed by atoms with Crippen molar-refractivity contribution in [3.63, 3.8) is 0 Å². The zero-order valence-electron chi connectivity index (χ0n) is 82.5. The van der Waals surface area contributed by atoms with Gasteiger partial charge in [-0.1, -0.05) is 158 Å². The van der Waals surface area contributed by atoms with Crippen LogP contribution in [0.3, 0.4) is 0 Å². The Balaban J connectivity index is 0.000000159. The number of ether oxygens (including phenoxy) is 6. The van der Waals surface area contributed by atoms with Gasteiger partial charge in [0.25, 0.3) is 0 Å². The SMILES string of the molecule is C=C1NC(=O)CCC1Nc1cc(C(C)(C)C)ccc1OC.C=C1NC(=O)CCC1Nc1cc(OC)cc(C(F)(F)F)c1.C=C1NC(=O)CCC1Nc1ccc(C)cc1.C=C1NC(=O)CCC1Nc1ccc(CN2CCOCC2)cc1.C=C1NC(=O)CCC1Nc1ccc(Oc2ccccc2)cc1.C=C1NC(=O)CCC1Nc1cccc(OCCC)c1.C=C1NC(=O)CCC1Nc1cccc(Oc2ccccc2)c1. The molecule has 31 heteroatoms. The highest BCUT2D eigenvalue weighted by Crippen LogP contribution is 2.38. The van der Waals surface area contributed by atoms with Crippen LogP contribution in [0.4, 0.5) is 53.0 Å². The number of carbonyl (C=O) groups excluding carboxylic acids is 7. The Kier molecular flexibility index (Phi) is 40.4. The van der Waals surface area contributed by atoms with E-state index >= 15 is 0 Å². The molecule has 7 unspecified atom stereocenters. The first-order chi connectivity index (χ1) is 68.5. The van der Waals surface area contributed by atoms with Crippen molar-refractivity contribution in [3.8, 4) is 40.2 Å². The molecule has 143 heavy (non-hydrogen) atoms. The van der Waals surface area contributed by atoms with Crippen molar-refractivity contribution < 1.29 is 75.2 Å². The molecule has 9 aromatic rings. The van der Waals surface area contributed by atoms with Gasteiger partial charge in [-0.25, -0.2) is 0 Å². The lowest BCUT2D eigenvalue weighted by atomic mass is 9.86. The average molecular weight is 1960 g/mol. The van der Waals surface area contributed by atoms with Crippen LogP contribution in [0.5, 0.6) is 40.2 Å². The van der Waals surface area contributed by atoms with Gasteiger partial charge in [0.2, 0.25) is 41.4 Å². The number of amides is 7. The Hall–Kier alpha value is -15.2. The topological polar surface area (TPSA) is 347 Å². The molecule has 0 saturated carbocycles. The number of hydrogen-bond donors (Lipinski definition) is 14. The van der Waals surface area contributed by atoms with Crippen molar-refractivity contribution >= 4 is 81.2 Å². The molecule has 9 aromatic carbocycles. The zero-order valence-corrected chi connectivity index (χ0v) is 82.5. The molecule has 7 amide bonds. The van der Waals surface area contributed by atoms with Gasteiger partial charge < -0.3 is 103 Å². The van der Waals surface area contributed by atoms with Crippen molar-refractivity contribution in [2.45, 2.75) is 191 Å². The molecule has 8 fully saturated rings. The van der Waals surface area contributed by atoms with E-state index in [1.54, 1.807) is 7.11 Å². The number of rotatable bonds is 25. The molecule has 0 aromatic heterocycles. The molecule has 0 radical (unpaired) electrons. The largest absolute Gasteiger partial charge is 0.497 e. The van der Waals surface area contributed by atoms with Gasteiger partial charge in [-0.2, -0.15) is 13.2 Å². The van der Waals surface area contributed by atoms with Crippen molar-refractivity contribution in [2.75, 3.05) is 84.3 Å².